The van der Waals surface area contributed by atoms with E-state index in [0.717, 1.165) is 5.56 Å². The number of amides is 1. The highest BCUT2D eigenvalue weighted by Crippen LogP contribution is 2.28. The highest BCUT2D eigenvalue weighted by atomic mass is 35.5. The van der Waals surface area contributed by atoms with Crippen molar-refractivity contribution in [2.45, 2.75) is 31.2 Å². The van der Waals surface area contributed by atoms with Gasteiger partial charge >= 0.3 is 0 Å². The van der Waals surface area contributed by atoms with E-state index < -0.39 is 10.0 Å². The number of carbonyl (C=O) groups excluding carboxylic acids is 1. The van der Waals surface area contributed by atoms with Crippen LogP contribution in [-0.2, 0) is 14.8 Å². The molecular formula is C20H25ClN2O5S. The minimum absolute atomic E-state index is 0.0394. The Hall–Kier alpha value is -2.29. The summed E-state index contributed by atoms with van der Waals surface area (Å²) in [6.07, 6.45) is 0.677. The predicted octanol–water partition coefficient (Wildman–Crippen LogP) is 3.29. The fraction of sp³-hybridized carbons (Fsp3) is 0.350. The summed E-state index contributed by atoms with van der Waals surface area (Å²) >= 11 is 6.13. The molecule has 0 heterocycles. The van der Waals surface area contributed by atoms with Gasteiger partial charge in [-0.05, 0) is 37.6 Å². The molecule has 7 nitrogen and oxygen atoms in total. The van der Waals surface area contributed by atoms with Crippen LogP contribution in [0.1, 0.15) is 31.9 Å². The summed E-state index contributed by atoms with van der Waals surface area (Å²) in [5, 5.41) is 2.93. The maximum atomic E-state index is 12.2. The Morgan fingerprint density at radius 3 is 2.55 bits per heavy atom. The zero-order chi connectivity index (χ0) is 21.4. The van der Waals surface area contributed by atoms with E-state index in [-0.39, 0.29) is 34.2 Å². The SMILES string of the molecule is CCCNS(=O)(=O)c1ccc(OCC(=O)NC(C)c2ccccc2OC)c(Cl)c1. The van der Waals surface area contributed by atoms with Gasteiger partial charge < -0.3 is 14.8 Å². The van der Waals surface area contributed by atoms with E-state index in [0.29, 0.717) is 18.7 Å². The van der Waals surface area contributed by atoms with Crippen LogP contribution in [0.25, 0.3) is 0 Å². The fourth-order valence-electron chi connectivity index (χ4n) is 2.61. The lowest BCUT2D eigenvalue weighted by atomic mass is 10.1. The number of ether oxygens (including phenoxy) is 2. The third kappa shape index (κ3) is 6.35. The molecule has 0 saturated carbocycles. The average molecular weight is 441 g/mol. The Morgan fingerprint density at radius 2 is 1.90 bits per heavy atom. The molecule has 158 valence electrons. The molecule has 0 spiro atoms. The topological polar surface area (TPSA) is 93.7 Å². The summed E-state index contributed by atoms with van der Waals surface area (Å²) in [4.78, 5) is 12.3. The van der Waals surface area contributed by atoms with Crippen LogP contribution in [0.2, 0.25) is 5.02 Å². The minimum Gasteiger partial charge on any atom is -0.496 e. The molecule has 0 saturated heterocycles. The van der Waals surface area contributed by atoms with Crippen LogP contribution in [0.15, 0.2) is 47.4 Å². The molecule has 0 aliphatic heterocycles. The number of halogens is 1. The van der Waals surface area contributed by atoms with Gasteiger partial charge in [0.15, 0.2) is 6.61 Å². The van der Waals surface area contributed by atoms with Crippen molar-refractivity contribution in [3.63, 3.8) is 0 Å². The second-order valence-corrected chi connectivity index (χ2v) is 8.48. The molecule has 2 aromatic carbocycles. The van der Waals surface area contributed by atoms with E-state index >= 15 is 0 Å². The smallest absolute Gasteiger partial charge is 0.258 e. The van der Waals surface area contributed by atoms with Crippen molar-refractivity contribution < 1.29 is 22.7 Å². The Morgan fingerprint density at radius 1 is 1.17 bits per heavy atom. The monoisotopic (exact) mass is 440 g/mol. The van der Waals surface area contributed by atoms with Gasteiger partial charge in [0, 0.05) is 12.1 Å². The van der Waals surface area contributed by atoms with E-state index in [1.807, 2.05) is 38.1 Å². The van der Waals surface area contributed by atoms with Crippen molar-refractivity contribution in [2.75, 3.05) is 20.3 Å². The average Bonchev–Trinajstić information content (AvgIpc) is 2.71. The second-order valence-electron chi connectivity index (χ2n) is 6.31. The molecule has 1 amide bonds. The molecule has 0 aromatic heterocycles. The summed E-state index contributed by atoms with van der Waals surface area (Å²) in [6, 6.07) is 11.2. The summed E-state index contributed by atoms with van der Waals surface area (Å²) in [6.45, 7) is 3.78. The summed E-state index contributed by atoms with van der Waals surface area (Å²) in [7, 11) is -2.06. The van der Waals surface area contributed by atoms with E-state index in [9.17, 15) is 13.2 Å². The van der Waals surface area contributed by atoms with Gasteiger partial charge in [-0.25, -0.2) is 13.1 Å². The van der Waals surface area contributed by atoms with Crippen LogP contribution in [-0.4, -0.2) is 34.6 Å². The highest BCUT2D eigenvalue weighted by molar-refractivity contribution is 7.89. The number of methoxy groups -OCH3 is 1. The van der Waals surface area contributed by atoms with E-state index in [1.54, 1.807) is 7.11 Å². The molecule has 0 aliphatic rings. The van der Waals surface area contributed by atoms with Gasteiger partial charge in [-0.3, -0.25) is 4.79 Å². The second kappa shape index (κ2) is 10.5. The Kier molecular flexibility index (Phi) is 8.31. The van der Waals surface area contributed by atoms with Gasteiger partial charge in [-0.15, -0.1) is 0 Å². The largest absolute Gasteiger partial charge is 0.496 e. The molecule has 0 aliphatic carbocycles. The molecule has 2 aromatic rings. The van der Waals surface area contributed by atoms with Gasteiger partial charge in [0.1, 0.15) is 11.5 Å². The van der Waals surface area contributed by atoms with Crippen LogP contribution < -0.4 is 19.5 Å². The number of hydrogen-bond donors (Lipinski definition) is 2. The lowest BCUT2D eigenvalue weighted by Gasteiger charge is -2.17. The van der Waals surface area contributed by atoms with Crippen LogP contribution in [0.4, 0.5) is 0 Å². The minimum atomic E-state index is -3.63. The van der Waals surface area contributed by atoms with Gasteiger partial charge in [-0.1, -0.05) is 36.7 Å². The lowest BCUT2D eigenvalue weighted by Crippen LogP contribution is -2.31. The van der Waals surface area contributed by atoms with E-state index in [4.69, 9.17) is 21.1 Å². The highest BCUT2D eigenvalue weighted by Gasteiger charge is 2.17. The maximum absolute atomic E-state index is 12.2. The Balaban J connectivity index is 1.98. The van der Waals surface area contributed by atoms with Crippen molar-refractivity contribution in [3.8, 4) is 11.5 Å². The molecule has 1 unspecified atom stereocenters. The lowest BCUT2D eigenvalue weighted by molar-refractivity contribution is -0.123. The first-order chi connectivity index (χ1) is 13.8. The van der Waals surface area contributed by atoms with Gasteiger partial charge in [0.25, 0.3) is 5.91 Å². The van der Waals surface area contributed by atoms with Crippen molar-refractivity contribution in [2.24, 2.45) is 0 Å². The zero-order valence-electron chi connectivity index (χ0n) is 16.6. The first-order valence-electron chi connectivity index (χ1n) is 9.12. The number of nitrogens with one attached hydrogen (secondary N) is 2. The Labute approximate surface area is 176 Å². The van der Waals surface area contributed by atoms with Crippen LogP contribution in [0, 0.1) is 0 Å². The molecule has 9 heteroatoms. The molecule has 29 heavy (non-hydrogen) atoms. The fourth-order valence-corrected chi connectivity index (χ4v) is 4.07. The number of benzene rings is 2. The first kappa shape index (κ1) is 23.0. The maximum Gasteiger partial charge on any atom is 0.258 e. The van der Waals surface area contributed by atoms with Gasteiger partial charge in [0.05, 0.1) is 23.1 Å². The predicted molar refractivity (Wildman–Crippen MR) is 112 cm³/mol. The van der Waals surface area contributed by atoms with Crippen LogP contribution in [0.5, 0.6) is 11.5 Å². The zero-order valence-corrected chi connectivity index (χ0v) is 18.1. The molecule has 1 atom stereocenters. The van der Waals surface area contributed by atoms with Crippen molar-refractivity contribution in [1.82, 2.24) is 10.0 Å². The van der Waals surface area contributed by atoms with Gasteiger partial charge in [-0.2, -0.15) is 0 Å². The van der Waals surface area contributed by atoms with Crippen molar-refractivity contribution in [3.05, 3.63) is 53.1 Å². The van der Waals surface area contributed by atoms with Gasteiger partial charge in [0.2, 0.25) is 10.0 Å². The summed E-state index contributed by atoms with van der Waals surface area (Å²) in [5.41, 5.74) is 0.843. The number of hydrogen-bond acceptors (Lipinski definition) is 5. The number of carbonyl (C=O) groups is 1. The number of rotatable bonds is 10. The molecule has 0 bridgehead atoms. The quantitative estimate of drug-likeness (QED) is 0.591. The molecule has 0 radical (unpaired) electrons. The van der Waals surface area contributed by atoms with E-state index in [2.05, 4.69) is 10.0 Å². The van der Waals surface area contributed by atoms with Crippen LogP contribution >= 0.6 is 11.6 Å². The number of para-hydroxylation sites is 1. The molecule has 2 N–H and O–H groups in total. The third-order valence-corrected chi connectivity index (χ3v) is 5.85. The number of sulfonamides is 1. The molecular weight excluding hydrogens is 416 g/mol. The van der Waals surface area contributed by atoms with E-state index in [1.165, 1.54) is 18.2 Å². The summed E-state index contributed by atoms with van der Waals surface area (Å²) < 4.78 is 37.5. The molecule has 0 fully saturated rings. The van der Waals surface area contributed by atoms with Crippen molar-refractivity contribution in [1.29, 1.82) is 0 Å². The Bertz CT molecular complexity index is 950. The van der Waals surface area contributed by atoms with Crippen molar-refractivity contribution >= 4 is 27.5 Å². The third-order valence-electron chi connectivity index (χ3n) is 4.10. The summed E-state index contributed by atoms with van der Waals surface area (Å²) in [5.74, 6) is 0.555. The standard InChI is InChI=1S/C20H25ClN2O5S/c1-4-11-22-29(25,26)15-9-10-19(17(21)12-15)28-13-20(24)23-14(2)16-7-5-6-8-18(16)27-3/h5-10,12,14,22H,4,11,13H2,1-3H3,(H,23,24). The normalized spacial score (nSPS) is 12.3. The molecule has 2 rings (SSSR count). The first-order valence-corrected chi connectivity index (χ1v) is 11.0. The van der Waals surface area contributed by atoms with Crippen LogP contribution in [0.3, 0.4) is 0 Å².